The van der Waals surface area contributed by atoms with E-state index in [9.17, 15) is 0 Å². The van der Waals surface area contributed by atoms with Gasteiger partial charge in [0.1, 0.15) is 0 Å². The minimum atomic E-state index is -0.0562. The fourth-order valence-corrected chi connectivity index (χ4v) is 1.89. The van der Waals surface area contributed by atoms with E-state index in [0.717, 1.165) is 17.0 Å². The van der Waals surface area contributed by atoms with Crippen molar-refractivity contribution in [3.8, 4) is 0 Å². The number of nitrogens with one attached hydrogen (secondary N) is 2. The van der Waals surface area contributed by atoms with Gasteiger partial charge in [0.2, 0.25) is 5.95 Å². The molecular formula is C11H13N7. The molecule has 0 saturated heterocycles. The van der Waals surface area contributed by atoms with Crippen LogP contribution in [0.3, 0.4) is 0 Å². The zero-order chi connectivity index (χ0) is 12.5. The summed E-state index contributed by atoms with van der Waals surface area (Å²) in [6, 6.07) is 7.93. The molecule has 3 aromatic rings. The SMILES string of the molecule is CC(Nc1nc2ccccc2n1C)c1nn[nH]n1. The second-order valence-electron chi connectivity index (χ2n) is 4.12. The van der Waals surface area contributed by atoms with Crippen LogP contribution in [0.5, 0.6) is 0 Å². The maximum absolute atomic E-state index is 4.53. The largest absolute Gasteiger partial charge is 0.346 e. The van der Waals surface area contributed by atoms with Crippen LogP contribution in [0, 0.1) is 0 Å². The lowest BCUT2D eigenvalue weighted by Crippen LogP contribution is -2.12. The Hall–Kier alpha value is -2.44. The molecule has 2 heterocycles. The van der Waals surface area contributed by atoms with Crippen LogP contribution in [0.4, 0.5) is 5.95 Å². The van der Waals surface area contributed by atoms with E-state index in [1.807, 2.05) is 42.8 Å². The Balaban J connectivity index is 1.93. The third-order valence-corrected chi connectivity index (χ3v) is 2.88. The first-order chi connectivity index (χ1) is 8.75. The van der Waals surface area contributed by atoms with E-state index in [0.29, 0.717) is 5.82 Å². The Morgan fingerprint density at radius 3 is 2.89 bits per heavy atom. The lowest BCUT2D eigenvalue weighted by atomic mass is 10.3. The third-order valence-electron chi connectivity index (χ3n) is 2.88. The van der Waals surface area contributed by atoms with Crippen LogP contribution < -0.4 is 5.32 Å². The van der Waals surface area contributed by atoms with Gasteiger partial charge in [-0.2, -0.15) is 5.21 Å². The average Bonchev–Trinajstić information content (AvgIpc) is 3.00. The molecule has 0 fully saturated rings. The monoisotopic (exact) mass is 243 g/mol. The molecule has 1 unspecified atom stereocenters. The molecule has 1 atom stereocenters. The van der Waals surface area contributed by atoms with Gasteiger partial charge < -0.3 is 9.88 Å². The summed E-state index contributed by atoms with van der Waals surface area (Å²) in [6.07, 6.45) is 0. The molecule has 3 rings (SSSR count). The second-order valence-corrected chi connectivity index (χ2v) is 4.12. The van der Waals surface area contributed by atoms with Crippen molar-refractivity contribution < 1.29 is 0 Å². The van der Waals surface area contributed by atoms with Gasteiger partial charge in [0.05, 0.1) is 17.1 Å². The molecule has 92 valence electrons. The van der Waals surface area contributed by atoms with Gasteiger partial charge in [0.15, 0.2) is 5.82 Å². The predicted molar refractivity (Wildman–Crippen MR) is 66.9 cm³/mol. The molecule has 7 nitrogen and oxygen atoms in total. The number of para-hydroxylation sites is 2. The molecule has 1 aromatic carbocycles. The molecule has 0 bridgehead atoms. The fourth-order valence-electron chi connectivity index (χ4n) is 1.89. The van der Waals surface area contributed by atoms with E-state index in [-0.39, 0.29) is 6.04 Å². The number of aromatic amines is 1. The summed E-state index contributed by atoms with van der Waals surface area (Å²) in [4.78, 5) is 4.53. The van der Waals surface area contributed by atoms with E-state index < -0.39 is 0 Å². The van der Waals surface area contributed by atoms with Crippen LogP contribution in [0.2, 0.25) is 0 Å². The second kappa shape index (κ2) is 4.10. The van der Waals surface area contributed by atoms with Crippen molar-refractivity contribution in [3.05, 3.63) is 30.1 Å². The Morgan fingerprint density at radius 2 is 2.17 bits per heavy atom. The van der Waals surface area contributed by atoms with Crippen molar-refractivity contribution in [2.45, 2.75) is 13.0 Å². The van der Waals surface area contributed by atoms with Crippen molar-refractivity contribution >= 4 is 17.0 Å². The molecule has 7 heteroatoms. The van der Waals surface area contributed by atoms with Crippen molar-refractivity contribution in [2.24, 2.45) is 7.05 Å². The molecule has 2 aromatic heterocycles. The van der Waals surface area contributed by atoms with Crippen LogP contribution in [0.25, 0.3) is 11.0 Å². The molecular weight excluding hydrogens is 230 g/mol. The Kier molecular flexibility index (Phi) is 2.44. The maximum Gasteiger partial charge on any atom is 0.204 e. The highest BCUT2D eigenvalue weighted by Crippen LogP contribution is 2.20. The molecule has 2 N–H and O–H groups in total. The van der Waals surface area contributed by atoms with E-state index in [2.05, 4.69) is 30.9 Å². The first kappa shape index (κ1) is 10.7. The van der Waals surface area contributed by atoms with Gasteiger partial charge in [0, 0.05) is 7.05 Å². The number of hydrogen-bond acceptors (Lipinski definition) is 5. The van der Waals surface area contributed by atoms with Gasteiger partial charge in [-0.15, -0.1) is 10.2 Å². The van der Waals surface area contributed by atoms with Crippen molar-refractivity contribution in [3.63, 3.8) is 0 Å². The maximum atomic E-state index is 4.53. The van der Waals surface area contributed by atoms with Gasteiger partial charge in [0.25, 0.3) is 0 Å². The van der Waals surface area contributed by atoms with E-state index in [1.165, 1.54) is 0 Å². The summed E-state index contributed by atoms with van der Waals surface area (Å²) in [5.74, 6) is 1.40. The molecule has 0 aliphatic rings. The first-order valence-corrected chi connectivity index (χ1v) is 5.67. The minimum absolute atomic E-state index is 0.0562. The third kappa shape index (κ3) is 1.69. The molecule has 0 amide bonds. The van der Waals surface area contributed by atoms with E-state index >= 15 is 0 Å². The highest BCUT2D eigenvalue weighted by Gasteiger charge is 2.14. The van der Waals surface area contributed by atoms with Gasteiger partial charge in [-0.05, 0) is 19.1 Å². The molecule has 0 saturated carbocycles. The highest BCUT2D eigenvalue weighted by molar-refractivity contribution is 5.78. The Morgan fingerprint density at radius 1 is 1.33 bits per heavy atom. The predicted octanol–water partition coefficient (Wildman–Crippen LogP) is 1.26. The summed E-state index contributed by atoms with van der Waals surface area (Å²) >= 11 is 0. The van der Waals surface area contributed by atoms with Gasteiger partial charge in [-0.25, -0.2) is 4.98 Å². The van der Waals surface area contributed by atoms with Crippen LogP contribution in [-0.2, 0) is 7.05 Å². The zero-order valence-electron chi connectivity index (χ0n) is 10.1. The average molecular weight is 243 g/mol. The molecule has 0 radical (unpaired) electrons. The van der Waals surface area contributed by atoms with Gasteiger partial charge in [-0.1, -0.05) is 17.3 Å². The van der Waals surface area contributed by atoms with Crippen molar-refractivity contribution in [1.82, 2.24) is 30.2 Å². The molecule has 18 heavy (non-hydrogen) atoms. The zero-order valence-corrected chi connectivity index (χ0v) is 10.1. The lowest BCUT2D eigenvalue weighted by molar-refractivity contribution is 0.768. The Labute approximate surface area is 103 Å². The van der Waals surface area contributed by atoms with E-state index in [4.69, 9.17) is 0 Å². The van der Waals surface area contributed by atoms with Crippen LogP contribution in [-0.4, -0.2) is 30.2 Å². The van der Waals surface area contributed by atoms with Crippen molar-refractivity contribution in [2.75, 3.05) is 5.32 Å². The van der Waals surface area contributed by atoms with Gasteiger partial charge >= 0.3 is 0 Å². The number of aromatic nitrogens is 6. The van der Waals surface area contributed by atoms with Crippen LogP contribution in [0.15, 0.2) is 24.3 Å². The molecule has 0 aliphatic heterocycles. The summed E-state index contributed by atoms with van der Waals surface area (Å²) < 4.78 is 2.01. The quantitative estimate of drug-likeness (QED) is 0.723. The van der Waals surface area contributed by atoms with Gasteiger partial charge in [-0.3, -0.25) is 0 Å². The van der Waals surface area contributed by atoms with Crippen LogP contribution in [0.1, 0.15) is 18.8 Å². The van der Waals surface area contributed by atoms with Crippen molar-refractivity contribution in [1.29, 1.82) is 0 Å². The summed E-state index contributed by atoms with van der Waals surface area (Å²) in [7, 11) is 1.97. The highest BCUT2D eigenvalue weighted by atomic mass is 15.5. The number of imidazole rings is 1. The number of rotatable bonds is 3. The smallest absolute Gasteiger partial charge is 0.204 e. The Bertz CT molecular complexity index is 655. The standard InChI is InChI=1S/C11H13N7/c1-7(10-14-16-17-15-10)12-11-13-8-5-3-4-6-9(8)18(11)2/h3-7H,1-2H3,(H,12,13)(H,14,15,16,17). The first-order valence-electron chi connectivity index (χ1n) is 5.67. The number of anilines is 1. The van der Waals surface area contributed by atoms with Crippen LogP contribution >= 0.6 is 0 Å². The summed E-state index contributed by atoms with van der Waals surface area (Å²) in [5.41, 5.74) is 2.04. The van der Waals surface area contributed by atoms with E-state index in [1.54, 1.807) is 0 Å². The number of benzene rings is 1. The number of nitrogens with zero attached hydrogens (tertiary/aromatic N) is 5. The fraction of sp³-hybridized carbons (Fsp3) is 0.273. The number of H-pyrrole nitrogens is 1. The normalized spacial score (nSPS) is 12.8. The summed E-state index contributed by atoms with van der Waals surface area (Å²) in [6.45, 7) is 1.96. The topological polar surface area (TPSA) is 84.3 Å². The lowest BCUT2D eigenvalue weighted by Gasteiger charge is -2.10. The summed E-state index contributed by atoms with van der Waals surface area (Å²) in [5, 5.41) is 17.2. The number of hydrogen-bond donors (Lipinski definition) is 2. The molecule has 0 spiro atoms. The number of tetrazole rings is 1. The molecule has 0 aliphatic carbocycles. The minimum Gasteiger partial charge on any atom is -0.346 e. The number of aryl methyl sites for hydroxylation is 1. The number of fused-ring (bicyclic) bond motifs is 1.